The molecule has 0 rings (SSSR count). The zero-order chi connectivity index (χ0) is 8.36. The molecule has 0 amide bonds. The second kappa shape index (κ2) is 9.21. The van der Waals surface area contributed by atoms with Crippen molar-refractivity contribution in [3.63, 3.8) is 0 Å². The molecule has 0 N–H and O–H groups in total. The van der Waals surface area contributed by atoms with Crippen LogP contribution in [0.5, 0.6) is 0 Å². The van der Waals surface area contributed by atoms with Gasteiger partial charge in [-0.2, -0.15) is 0 Å². The molecule has 0 aliphatic rings. The Morgan fingerprint density at radius 3 is 2.64 bits per heavy atom. The van der Waals surface area contributed by atoms with Gasteiger partial charge in [0.2, 0.25) is 0 Å². The van der Waals surface area contributed by atoms with E-state index in [0.29, 0.717) is 0 Å². The number of unbranched alkanes of at least 4 members (excludes halogenated alkanes) is 2. The molecular weight excluding hydrogens is 138 g/mol. The summed E-state index contributed by atoms with van der Waals surface area (Å²) in [6.07, 6.45) is 10.1. The fraction of sp³-hybridized carbons (Fsp3) is 0.556. The van der Waals surface area contributed by atoms with Crippen LogP contribution in [0.2, 0.25) is 0 Å². The second-order valence-corrected chi connectivity index (χ2v) is 2.16. The zero-order valence-corrected chi connectivity index (χ0v) is 7.12. The highest BCUT2D eigenvalue weighted by Gasteiger charge is 1.77. The van der Waals surface area contributed by atoms with Crippen molar-refractivity contribution in [2.75, 3.05) is 7.11 Å². The first-order valence-electron chi connectivity index (χ1n) is 3.91. The highest BCUT2D eigenvalue weighted by molar-refractivity contribution is 5.56. The van der Waals surface area contributed by atoms with Gasteiger partial charge in [-0.25, -0.2) is 0 Å². The van der Waals surface area contributed by atoms with Crippen LogP contribution in [0.1, 0.15) is 25.7 Å². The van der Waals surface area contributed by atoms with Crippen molar-refractivity contribution in [2.24, 2.45) is 5.16 Å². The summed E-state index contributed by atoms with van der Waals surface area (Å²) in [6, 6.07) is 0. The van der Waals surface area contributed by atoms with Crippen molar-refractivity contribution in [3.05, 3.63) is 19.1 Å². The molecule has 1 radical (unpaired) electrons. The van der Waals surface area contributed by atoms with Crippen LogP contribution in [0.15, 0.2) is 17.3 Å². The van der Waals surface area contributed by atoms with Crippen LogP contribution in [-0.4, -0.2) is 13.3 Å². The molecule has 0 unspecified atom stereocenters. The average molecular weight is 154 g/mol. The lowest BCUT2D eigenvalue weighted by molar-refractivity contribution is 0.214. The molecule has 0 atom stereocenters. The summed E-state index contributed by atoms with van der Waals surface area (Å²) in [6.45, 7) is 3.74. The number of nitrogens with zero attached hydrogens (tertiary/aromatic N) is 1. The summed E-state index contributed by atoms with van der Waals surface area (Å²) >= 11 is 0. The maximum absolute atomic E-state index is 4.50. The first-order chi connectivity index (χ1) is 5.41. The molecule has 0 aromatic carbocycles. The molecule has 0 aliphatic carbocycles. The third-order valence-electron chi connectivity index (χ3n) is 1.18. The molecule has 0 aromatic rings. The van der Waals surface area contributed by atoms with Gasteiger partial charge < -0.3 is 4.84 Å². The Labute approximate surface area is 68.9 Å². The van der Waals surface area contributed by atoms with Crippen LogP contribution in [0.3, 0.4) is 0 Å². The molecule has 0 fully saturated rings. The van der Waals surface area contributed by atoms with E-state index in [1.54, 1.807) is 13.3 Å². The van der Waals surface area contributed by atoms with E-state index < -0.39 is 0 Å². The fourth-order valence-electron chi connectivity index (χ4n) is 0.652. The predicted molar refractivity (Wildman–Crippen MR) is 48.5 cm³/mol. The third-order valence-corrected chi connectivity index (χ3v) is 1.18. The lowest BCUT2D eigenvalue weighted by Crippen LogP contribution is -1.75. The zero-order valence-electron chi connectivity index (χ0n) is 7.12. The second-order valence-electron chi connectivity index (χ2n) is 2.16. The Balaban J connectivity index is 3.06. The molecule has 2 nitrogen and oxygen atoms in total. The summed E-state index contributed by atoms with van der Waals surface area (Å²) < 4.78 is 0. The van der Waals surface area contributed by atoms with Crippen molar-refractivity contribution in [1.29, 1.82) is 0 Å². The number of rotatable bonds is 6. The standard InChI is InChI=1S/C9H16NO/c1-3-4-5-6-7-8-9-10-11-2/h5-6,9H,1,3-4,7-8H2,2H3. The summed E-state index contributed by atoms with van der Waals surface area (Å²) in [4.78, 5) is 4.50. The number of hydrogen-bond acceptors (Lipinski definition) is 2. The van der Waals surface area contributed by atoms with Crippen molar-refractivity contribution < 1.29 is 4.84 Å². The largest absolute Gasteiger partial charge is 0.399 e. The van der Waals surface area contributed by atoms with Gasteiger partial charge in [0.1, 0.15) is 7.11 Å². The molecule has 2 heteroatoms. The molecule has 0 aliphatic heterocycles. The maximum Gasteiger partial charge on any atom is 0.106 e. The monoisotopic (exact) mass is 154 g/mol. The Bertz CT molecular complexity index is 119. The number of allylic oxidation sites excluding steroid dienone is 2. The number of hydrogen-bond donors (Lipinski definition) is 0. The molecule has 0 bridgehead atoms. The molecule has 0 spiro atoms. The van der Waals surface area contributed by atoms with Crippen LogP contribution in [0.25, 0.3) is 0 Å². The van der Waals surface area contributed by atoms with Gasteiger partial charge in [0.15, 0.2) is 0 Å². The van der Waals surface area contributed by atoms with E-state index in [2.05, 4.69) is 29.1 Å². The Morgan fingerprint density at radius 2 is 2.00 bits per heavy atom. The van der Waals surface area contributed by atoms with E-state index in [1.807, 2.05) is 0 Å². The molecule has 0 saturated heterocycles. The van der Waals surface area contributed by atoms with Crippen molar-refractivity contribution in [2.45, 2.75) is 25.7 Å². The Hall–Kier alpha value is -0.790. The van der Waals surface area contributed by atoms with Gasteiger partial charge >= 0.3 is 0 Å². The highest BCUT2D eigenvalue weighted by Crippen LogP contribution is 1.92. The van der Waals surface area contributed by atoms with Crippen LogP contribution in [0.4, 0.5) is 0 Å². The van der Waals surface area contributed by atoms with Gasteiger partial charge in [0, 0.05) is 6.21 Å². The molecule has 11 heavy (non-hydrogen) atoms. The van der Waals surface area contributed by atoms with Gasteiger partial charge in [-0.05, 0) is 25.7 Å². The Morgan fingerprint density at radius 1 is 1.27 bits per heavy atom. The lowest BCUT2D eigenvalue weighted by atomic mass is 10.2. The summed E-state index contributed by atoms with van der Waals surface area (Å²) in [7, 11) is 1.55. The van der Waals surface area contributed by atoms with Crippen LogP contribution < -0.4 is 0 Å². The molecular formula is C9H16NO. The molecule has 0 aromatic heterocycles. The van der Waals surface area contributed by atoms with E-state index in [1.165, 1.54) is 0 Å². The topological polar surface area (TPSA) is 21.6 Å². The smallest absolute Gasteiger partial charge is 0.106 e. The summed E-state index contributed by atoms with van der Waals surface area (Å²) in [5.41, 5.74) is 0. The fourth-order valence-corrected chi connectivity index (χ4v) is 0.652. The summed E-state index contributed by atoms with van der Waals surface area (Å²) in [5, 5.41) is 3.62. The van der Waals surface area contributed by atoms with Crippen molar-refractivity contribution >= 4 is 6.21 Å². The molecule has 63 valence electrons. The highest BCUT2D eigenvalue weighted by atomic mass is 16.6. The van der Waals surface area contributed by atoms with E-state index in [-0.39, 0.29) is 0 Å². The minimum absolute atomic E-state index is 0.946. The van der Waals surface area contributed by atoms with Crippen molar-refractivity contribution in [1.82, 2.24) is 0 Å². The quantitative estimate of drug-likeness (QED) is 0.249. The third kappa shape index (κ3) is 9.21. The summed E-state index contributed by atoms with van der Waals surface area (Å²) in [5.74, 6) is 0. The first kappa shape index (κ1) is 10.2. The predicted octanol–water partition coefficient (Wildman–Crippen LogP) is 2.57. The Kier molecular flexibility index (Phi) is 8.55. The average Bonchev–Trinajstić information content (AvgIpc) is 2.03. The van der Waals surface area contributed by atoms with E-state index in [4.69, 9.17) is 0 Å². The molecule has 0 heterocycles. The minimum atomic E-state index is 0.946. The van der Waals surface area contributed by atoms with Crippen LogP contribution in [0, 0.1) is 6.92 Å². The van der Waals surface area contributed by atoms with Gasteiger partial charge in [0.05, 0.1) is 0 Å². The van der Waals surface area contributed by atoms with E-state index >= 15 is 0 Å². The van der Waals surface area contributed by atoms with E-state index in [0.717, 1.165) is 25.7 Å². The minimum Gasteiger partial charge on any atom is -0.399 e. The lowest BCUT2D eigenvalue weighted by Gasteiger charge is -1.86. The van der Waals surface area contributed by atoms with Gasteiger partial charge in [-0.3, -0.25) is 0 Å². The van der Waals surface area contributed by atoms with Gasteiger partial charge in [-0.1, -0.05) is 24.2 Å². The number of oxime groups is 1. The van der Waals surface area contributed by atoms with Crippen LogP contribution in [-0.2, 0) is 4.84 Å². The SMILES string of the molecule is [CH2]CCC=CCCC=NOC. The van der Waals surface area contributed by atoms with Crippen molar-refractivity contribution in [3.8, 4) is 0 Å². The maximum atomic E-state index is 4.50. The first-order valence-corrected chi connectivity index (χ1v) is 3.91. The van der Waals surface area contributed by atoms with E-state index in [9.17, 15) is 0 Å². The van der Waals surface area contributed by atoms with Gasteiger partial charge in [-0.15, -0.1) is 0 Å². The molecule has 0 saturated carbocycles. The normalized spacial score (nSPS) is 11.5. The van der Waals surface area contributed by atoms with Crippen LogP contribution >= 0.6 is 0 Å². The van der Waals surface area contributed by atoms with Gasteiger partial charge in [0.25, 0.3) is 0 Å².